The Morgan fingerprint density at radius 2 is 2.17 bits per heavy atom. The summed E-state index contributed by atoms with van der Waals surface area (Å²) in [6.45, 7) is 3.43. The van der Waals surface area contributed by atoms with Gasteiger partial charge in [-0.05, 0) is 18.6 Å². The summed E-state index contributed by atoms with van der Waals surface area (Å²) in [7, 11) is 0. The predicted octanol–water partition coefficient (Wildman–Crippen LogP) is 2.83. The van der Waals surface area contributed by atoms with Crippen molar-refractivity contribution in [2.75, 3.05) is 18.0 Å². The van der Waals surface area contributed by atoms with E-state index in [9.17, 15) is 4.79 Å². The van der Waals surface area contributed by atoms with Gasteiger partial charge in [-0.25, -0.2) is 9.50 Å². The van der Waals surface area contributed by atoms with Gasteiger partial charge in [0.1, 0.15) is 6.04 Å². The van der Waals surface area contributed by atoms with Crippen LogP contribution in [-0.2, 0) is 4.79 Å². The largest absolute Gasteiger partial charge is 0.353 e. The number of imidazole rings is 1. The van der Waals surface area contributed by atoms with Gasteiger partial charge in [-0.3, -0.25) is 4.79 Å². The molecule has 1 aromatic carbocycles. The van der Waals surface area contributed by atoms with Crippen LogP contribution in [-0.4, -0.2) is 39.6 Å². The number of rotatable bonds is 3. The minimum Gasteiger partial charge on any atom is -0.353 e. The molecule has 8 heteroatoms. The average molecular weight is 362 g/mol. The van der Waals surface area contributed by atoms with E-state index in [-0.39, 0.29) is 11.9 Å². The highest BCUT2D eigenvalue weighted by Crippen LogP contribution is 2.29. The summed E-state index contributed by atoms with van der Waals surface area (Å²) in [5.74, 6) is 0.0680. The summed E-state index contributed by atoms with van der Waals surface area (Å²) >= 11 is 7.43. The van der Waals surface area contributed by atoms with Gasteiger partial charge in [0.05, 0.1) is 11.9 Å². The SMILES string of the molecule is CCC1C(=O)NCCN1c1nn2cc(-c3ccc(Cl)cc3)nc2s1. The number of amides is 1. The van der Waals surface area contributed by atoms with E-state index in [0.717, 1.165) is 34.3 Å². The number of carbonyl (C=O) groups is 1. The van der Waals surface area contributed by atoms with Crippen molar-refractivity contribution in [3.8, 4) is 11.3 Å². The Kier molecular flexibility index (Phi) is 3.90. The van der Waals surface area contributed by atoms with Gasteiger partial charge in [-0.15, -0.1) is 5.10 Å². The molecular weight excluding hydrogens is 346 g/mol. The van der Waals surface area contributed by atoms with Crippen LogP contribution < -0.4 is 10.2 Å². The number of carbonyl (C=O) groups excluding carboxylic acids is 1. The van der Waals surface area contributed by atoms with Gasteiger partial charge < -0.3 is 10.2 Å². The molecule has 1 fully saturated rings. The van der Waals surface area contributed by atoms with E-state index in [1.807, 2.05) is 37.4 Å². The summed E-state index contributed by atoms with van der Waals surface area (Å²) in [6, 6.07) is 7.42. The van der Waals surface area contributed by atoms with Crippen LogP contribution in [0, 0.1) is 0 Å². The van der Waals surface area contributed by atoms with Crippen LogP contribution in [0.15, 0.2) is 30.5 Å². The molecule has 6 nitrogen and oxygen atoms in total. The first-order valence-electron chi connectivity index (χ1n) is 7.82. The van der Waals surface area contributed by atoms with E-state index < -0.39 is 0 Å². The maximum atomic E-state index is 12.0. The van der Waals surface area contributed by atoms with Crippen LogP contribution >= 0.6 is 22.9 Å². The second kappa shape index (κ2) is 6.07. The van der Waals surface area contributed by atoms with E-state index in [1.54, 1.807) is 4.52 Å². The molecule has 1 saturated heterocycles. The molecule has 1 unspecified atom stereocenters. The summed E-state index contributed by atoms with van der Waals surface area (Å²) in [4.78, 5) is 19.6. The van der Waals surface area contributed by atoms with Crippen molar-refractivity contribution in [1.29, 1.82) is 0 Å². The molecule has 0 aliphatic carbocycles. The number of halogens is 1. The molecule has 0 saturated carbocycles. The molecule has 0 spiro atoms. The lowest BCUT2D eigenvalue weighted by atomic mass is 10.1. The van der Waals surface area contributed by atoms with Crippen LogP contribution in [0.4, 0.5) is 5.13 Å². The van der Waals surface area contributed by atoms with Crippen molar-refractivity contribution in [1.82, 2.24) is 19.9 Å². The highest BCUT2D eigenvalue weighted by Gasteiger charge is 2.30. The fourth-order valence-corrected chi connectivity index (χ4v) is 4.00. The monoisotopic (exact) mass is 361 g/mol. The molecule has 3 aromatic rings. The second-order valence-corrected chi connectivity index (χ2v) is 7.02. The van der Waals surface area contributed by atoms with Gasteiger partial charge in [0.2, 0.25) is 16.0 Å². The Balaban J connectivity index is 1.66. The third-order valence-corrected chi connectivity index (χ3v) is 5.35. The maximum absolute atomic E-state index is 12.0. The summed E-state index contributed by atoms with van der Waals surface area (Å²) in [6.07, 6.45) is 2.66. The fourth-order valence-electron chi connectivity index (χ4n) is 2.91. The number of anilines is 1. The van der Waals surface area contributed by atoms with Crippen LogP contribution in [0.1, 0.15) is 13.3 Å². The van der Waals surface area contributed by atoms with E-state index in [1.165, 1.54) is 11.3 Å². The minimum absolute atomic E-state index is 0.0680. The van der Waals surface area contributed by atoms with Crippen LogP contribution in [0.3, 0.4) is 0 Å². The maximum Gasteiger partial charge on any atom is 0.242 e. The topological polar surface area (TPSA) is 62.5 Å². The first-order valence-corrected chi connectivity index (χ1v) is 9.01. The lowest BCUT2D eigenvalue weighted by molar-refractivity contribution is -0.123. The summed E-state index contributed by atoms with van der Waals surface area (Å²) < 4.78 is 1.78. The number of aromatic nitrogens is 3. The molecule has 0 bridgehead atoms. The number of fused-ring (bicyclic) bond motifs is 1. The molecule has 1 aliphatic heterocycles. The highest BCUT2D eigenvalue weighted by atomic mass is 35.5. The summed E-state index contributed by atoms with van der Waals surface area (Å²) in [5, 5.41) is 9.07. The predicted molar refractivity (Wildman–Crippen MR) is 95.7 cm³/mol. The molecule has 1 amide bonds. The van der Waals surface area contributed by atoms with Crippen molar-refractivity contribution < 1.29 is 4.79 Å². The molecular formula is C16H16ClN5OS. The molecule has 3 heterocycles. The first-order chi connectivity index (χ1) is 11.7. The number of piperazine rings is 1. The Hall–Kier alpha value is -2.12. The molecule has 1 aliphatic rings. The second-order valence-electron chi connectivity index (χ2n) is 5.65. The van der Waals surface area contributed by atoms with Gasteiger partial charge in [0.15, 0.2) is 0 Å². The molecule has 0 radical (unpaired) electrons. The third-order valence-electron chi connectivity index (χ3n) is 4.14. The van der Waals surface area contributed by atoms with Gasteiger partial charge in [0, 0.05) is 23.7 Å². The molecule has 1 atom stereocenters. The molecule has 2 aromatic heterocycles. The molecule has 1 N–H and O–H groups in total. The van der Waals surface area contributed by atoms with Crippen molar-refractivity contribution in [2.45, 2.75) is 19.4 Å². The molecule has 124 valence electrons. The zero-order valence-electron chi connectivity index (χ0n) is 13.1. The number of nitrogens with zero attached hydrogens (tertiary/aromatic N) is 4. The van der Waals surface area contributed by atoms with E-state index in [2.05, 4.69) is 20.3 Å². The number of benzene rings is 1. The Bertz CT molecular complexity index is 856. The zero-order chi connectivity index (χ0) is 16.7. The zero-order valence-corrected chi connectivity index (χ0v) is 14.6. The smallest absolute Gasteiger partial charge is 0.242 e. The van der Waals surface area contributed by atoms with Crippen LogP contribution in [0.5, 0.6) is 0 Å². The minimum atomic E-state index is -0.162. The standard InChI is InChI=1S/C16H16ClN5OS/c1-2-13-14(23)18-7-8-21(13)16-20-22-9-12(19-15(22)24-16)10-3-5-11(17)6-4-10/h3-6,9,13H,2,7-8H2,1H3,(H,18,23). The van der Waals surface area contributed by atoms with E-state index in [0.29, 0.717) is 11.6 Å². The fraction of sp³-hybridized carbons (Fsp3) is 0.312. The third kappa shape index (κ3) is 2.63. The number of hydrogen-bond donors (Lipinski definition) is 1. The van der Waals surface area contributed by atoms with Crippen LogP contribution in [0.2, 0.25) is 5.02 Å². The molecule has 24 heavy (non-hydrogen) atoms. The lowest BCUT2D eigenvalue weighted by Gasteiger charge is -2.33. The normalized spacial score (nSPS) is 18.2. The van der Waals surface area contributed by atoms with E-state index >= 15 is 0 Å². The Labute approximate surface area is 148 Å². The lowest BCUT2D eigenvalue weighted by Crippen LogP contribution is -2.55. The van der Waals surface area contributed by atoms with Crippen LogP contribution in [0.25, 0.3) is 16.2 Å². The van der Waals surface area contributed by atoms with Crippen molar-refractivity contribution in [3.63, 3.8) is 0 Å². The first kappa shape index (κ1) is 15.4. The Morgan fingerprint density at radius 3 is 2.88 bits per heavy atom. The highest BCUT2D eigenvalue weighted by molar-refractivity contribution is 7.20. The number of nitrogens with one attached hydrogen (secondary N) is 1. The van der Waals surface area contributed by atoms with Gasteiger partial charge in [-0.2, -0.15) is 0 Å². The van der Waals surface area contributed by atoms with Crippen molar-refractivity contribution in [2.24, 2.45) is 0 Å². The van der Waals surface area contributed by atoms with Gasteiger partial charge >= 0.3 is 0 Å². The quantitative estimate of drug-likeness (QED) is 0.779. The average Bonchev–Trinajstić information content (AvgIpc) is 3.14. The van der Waals surface area contributed by atoms with Gasteiger partial charge in [-0.1, -0.05) is 42.0 Å². The van der Waals surface area contributed by atoms with Gasteiger partial charge in [0.25, 0.3) is 0 Å². The Morgan fingerprint density at radius 1 is 1.38 bits per heavy atom. The molecule has 4 rings (SSSR count). The van der Waals surface area contributed by atoms with Crippen molar-refractivity contribution >= 4 is 38.9 Å². The number of hydrogen-bond acceptors (Lipinski definition) is 5. The van der Waals surface area contributed by atoms with E-state index in [4.69, 9.17) is 11.6 Å². The summed E-state index contributed by atoms with van der Waals surface area (Å²) in [5.41, 5.74) is 1.86. The van der Waals surface area contributed by atoms with Crippen molar-refractivity contribution in [3.05, 3.63) is 35.5 Å².